The second-order valence-electron chi connectivity index (χ2n) is 5.47. The van der Waals surface area contributed by atoms with Crippen molar-refractivity contribution in [1.29, 1.82) is 0 Å². The van der Waals surface area contributed by atoms with Gasteiger partial charge in [-0.15, -0.1) is 10.2 Å². The van der Waals surface area contributed by atoms with Crippen molar-refractivity contribution in [2.24, 2.45) is 11.7 Å². The Kier molecular flexibility index (Phi) is 4.00. The van der Waals surface area contributed by atoms with Crippen LogP contribution >= 0.6 is 0 Å². The zero-order valence-corrected chi connectivity index (χ0v) is 12.1. The van der Waals surface area contributed by atoms with Crippen molar-refractivity contribution < 1.29 is 0 Å². The van der Waals surface area contributed by atoms with E-state index >= 15 is 0 Å². The molecule has 1 heterocycles. The summed E-state index contributed by atoms with van der Waals surface area (Å²) in [4.78, 5) is 0. The normalized spacial score (nSPS) is 11.3. The van der Waals surface area contributed by atoms with Crippen LogP contribution in [-0.4, -0.2) is 14.8 Å². The highest BCUT2D eigenvalue weighted by atomic mass is 15.3. The van der Waals surface area contributed by atoms with Gasteiger partial charge in [0.1, 0.15) is 5.82 Å². The van der Waals surface area contributed by atoms with Gasteiger partial charge in [-0.1, -0.05) is 31.5 Å². The van der Waals surface area contributed by atoms with Crippen molar-refractivity contribution in [2.45, 2.75) is 40.8 Å². The van der Waals surface area contributed by atoms with Crippen molar-refractivity contribution >= 4 is 0 Å². The lowest BCUT2D eigenvalue weighted by Gasteiger charge is -2.13. The van der Waals surface area contributed by atoms with Gasteiger partial charge in [-0.3, -0.25) is 0 Å². The highest BCUT2D eigenvalue weighted by Gasteiger charge is 2.15. The van der Waals surface area contributed by atoms with Crippen LogP contribution in [0.5, 0.6) is 0 Å². The molecule has 0 spiro atoms. The first-order chi connectivity index (χ1) is 9.02. The minimum absolute atomic E-state index is 0.421. The second-order valence-corrected chi connectivity index (χ2v) is 5.47. The molecule has 0 amide bonds. The molecule has 0 atom stereocenters. The van der Waals surface area contributed by atoms with Gasteiger partial charge in [0.25, 0.3) is 0 Å². The zero-order chi connectivity index (χ0) is 14.0. The molecular weight excluding hydrogens is 236 g/mol. The van der Waals surface area contributed by atoms with E-state index < -0.39 is 0 Å². The molecular formula is C15H22N4. The van der Waals surface area contributed by atoms with E-state index in [9.17, 15) is 0 Å². The minimum Gasteiger partial charge on any atom is -0.324 e. The maximum Gasteiger partial charge on any atom is 0.164 e. The van der Waals surface area contributed by atoms with E-state index in [1.807, 2.05) is 0 Å². The van der Waals surface area contributed by atoms with E-state index in [0.29, 0.717) is 12.5 Å². The van der Waals surface area contributed by atoms with Crippen molar-refractivity contribution in [3.63, 3.8) is 0 Å². The SMILES string of the molecule is Cc1ccc(C)c(-c2nnc(CN)n2CC(C)C)c1. The summed E-state index contributed by atoms with van der Waals surface area (Å²) in [5.41, 5.74) is 9.35. The number of aryl methyl sites for hydroxylation is 2. The minimum atomic E-state index is 0.421. The monoisotopic (exact) mass is 258 g/mol. The molecule has 0 saturated carbocycles. The number of nitrogens with two attached hydrogens (primary N) is 1. The molecule has 0 saturated heterocycles. The predicted molar refractivity (Wildman–Crippen MR) is 77.7 cm³/mol. The lowest BCUT2D eigenvalue weighted by atomic mass is 10.0. The van der Waals surface area contributed by atoms with E-state index in [4.69, 9.17) is 5.73 Å². The maximum absolute atomic E-state index is 5.76. The molecule has 0 aliphatic rings. The van der Waals surface area contributed by atoms with Gasteiger partial charge in [0.05, 0.1) is 6.54 Å². The number of hydrogen-bond donors (Lipinski definition) is 1. The topological polar surface area (TPSA) is 56.7 Å². The Balaban J connectivity index is 2.55. The lowest BCUT2D eigenvalue weighted by molar-refractivity contribution is 0.510. The number of rotatable bonds is 4. The fourth-order valence-corrected chi connectivity index (χ4v) is 2.22. The number of aromatic nitrogens is 3. The Morgan fingerprint density at radius 3 is 2.58 bits per heavy atom. The summed E-state index contributed by atoms with van der Waals surface area (Å²) in [6.45, 7) is 9.88. The third kappa shape index (κ3) is 2.84. The molecule has 0 unspecified atom stereocenters. The Hall–Kier alpha value is -1.68. The van der Waals surface area contributed by atoms with Crippen LogP contribution in [0.1, 0.15) is 30.8 Å². The second kappa shape index (κ2) is 5.53. The average molecular weight is 258 g/mol. The molecule has 1 aromatic heterocycles. The summed E-state index contributed by atoms with van der Waals surface area (Å²) in [6.07, 6.45) is 0. The Labute approximate surface area is 114 Å². The summed E-state index contributed by atoms with van der Waals surface area (Å²) >= 11 is 0. The van der Waals surface area contributed by atoms with Crippen molar-refractivity contribution in [1.82, 2.24) is 14.8 Å². The molecule has 2 N–H and O–H groups in total. The molecule has 4 nitrogen and oxygen atoms in total. The summed E-state index contributed by atoms with van der Waals surface area (Å²) < 4.78 is 2.15. The van der Waals surface area contributed by atoms with Crippen LogP contribution in [-0.2, 0) is 13.1 Å². The van der Waals surface area contributed by atoms with Gasteiger partial charge >= 0.3 is 0 Å². The number of hydrogen-bond acceptors (Lipinski definition) is 3. The average Bonchev–Trinajstić information content (AvgIpc) is 2.74. The van der Waals surface area contributed by atoms with Gasteiger partial charge in [0.2, 0.25) is 0 Å². The van der Waals surface area contributed by atoms with Gasteiger partial charge in [-0.05, 0) is 31.4 Å². The molecule has 0 aliphatic heterocycles. The fraction of sp³-hybridized carbons (Fsp3) is 0.467. The van der Waals surface area contributed by atoms with Crippen LogP contribution in [0.25, 0.3) is 11.4 Å². The van der Waals surface area contributed by atoms with E-state index in [1.165, 1.54) is 11.1 Å². The van der Waals surface area contributed by atoms with Crippen molar-refractivity contribution in [2.75, 3.05) is 0 Å². The van der Waals surface area contributed by atoms with Gasteiger partial charge < -0.3 is 10.3 Å². The quantitative estimate of drug-likeness (QED) is 0.917. The molecule has 0 aliphatic carbocycles. The first-order valence-electron chi connectivity index (χ1n) is 6.72. The van der Waals surface area contributed by atoms with E-state index in [2.05, 4.69) is 60.7 Å². The van der Waals surface area contributed by atoms with Gasteiger partial charge in [0, 0.05) is 12.1 Å². The van der Waals surface area contributed by atoms with E-state index in [1.54, 1.807) is 0 Å². The van der Waals surface area contributed by atoms with Crippen LogP contribution in [0.2, 0.25) is 0 Å². The molecule has 1 aromatic carbocycles. The predicted octanol–water partition coefficient (Wildman–Crippen LogP) is 2.68. The molecule has 2 aromatic rings. The fourth-order valence-electron chi connectivity index (χ4n) is 2.22. The standard InChI is InChI=1S/C15H22N4/c1-10(2)9-19-14(8-16)17-18-15(19)13-7-11(3)5-6-12(13)4/h5-7,10H,8-9,16H2,1-4H3. The lowest BCUT2D eigenvalue weighted by Crippen LogP contribution is -2.13. The Bertz CT molecular complexity index is 570. The van der Waals surface area contributed by atoms with Crippen LogP contribution in [0.3, 0.4) is 0 Å². The first kappa shape index (κ1) is 13.7. The van der Waals surface area contributed by atoms with Crippen molar-refractivity contribution in [3.8, 4) is 11.4 Å². The largest absolute Gasteiger partial charge is 0.324 e. The van der Waals surface area contributed by atoms with E-state index in [0.717, 1.165) is 23.8 Å². The van der Waals surface area contributed by atoms with Gasteiger partial charge in [0.15, 0.2) is 5.82 Å². The zero-order valence-electron chi connectivity index (χ0n) is 12.1. The molecule has 2 rings (SSSR count). The van der Waals surface area contributed by atoms with Gasteiger partial charge in [-0.25, -0.2) is 0 Å². The first-order valence-corrected chi connectivity index (χ1v) is 6.72. The summed E-state index contributed by atoms with van der Waals surface area (Å²) in [7, 11) is 0. The molecule has 102 valence electrons. The Morgan fingerprint density at radius 2 is 1.95 bits per heavy atom. The molecule has 0 bridgehead atoms. The third-order valence-electron chi connectivity index (χ3n) is 3.19. The smallest absolute Gasteiger partial charge is 0.164 e. The Morgan fingerprint density at radius 1 is 1.21 bits per heavy atom. The third-order valence-corrected chi connectivity index (χ3v) is 3.19. The van der Waals surface area contributed by atoms with Gasteiger partial charge in [-0.2, -0.15) is 0 Å². The van der Waals surface area contributed by atoms with E-state index in [-0.39, 0.29) is 0 Å². The summed E-state index contributed by atoms with van der Waals surface area (Å²) in [6, 6.07) is 6.41. The maximum atomic E-state index is 5.76. The molecule has 0 radical (unpaired) electrons. The molecule has 0 fully saturated rings. The highest BCUT2D eigenvalue weighted by molar-refractivity contribution is 5.61. The number of benzene rings is 1. The molecule has 4 heteroatoms. The van der Waals surface area contributed by atoms with Crippen molar-refractivity contribution in [3.05, 3.63) is 35.2 Å². The van der Waals surface area contributed by atoms with Crippen LogP contribution in [0.4, 0.5) is 0 Å². The summed E-state index contributed by atoms with van der Waals surface area (Å²) in [5.74, 6) is 2.31. The number of nitrogens with zero attached hydrogens (tertiary/aromatic N) is 3. The van der Waals surface area contributed by atoms with Crippen LogP contribution in [0, 0.1) is 19.8 Å². The van der Waals surface area contributed by atoms with Crippen LogP contribution in [0.15, 0.2) is 18.2 Å². The molecule has 19 heavy (non-hydrogen) atoms. The highest BCUT2D eigenvalue weighted by Crippen LogP contribution is 2.24. The van der Waals surface area contributed by atoms with Crippen LogP contribution < -0.4 is 5.73 Å². The summed E-state index contributed by atoms with van der Waals surface area (Å²) in [5, 5.41) is 8.57.